The molecule has 1 aromatic rings. The van der Waals surface area contributed by atoms with Crippen molar-refractivity contribution in [2.45, 2.75) is 51.1 Å². The van der Waals surface area contributed by atoms with Gasteiger partial charge >= 0.3 is 0 Å². The number of rotatable bonds is 4. The Hall–Kier alpha value is -1.16. The normalized spacial score (nSPS) is 23.9. The molecule has 0 spiro atoms. The molecule has 1 saturated heterocycles. The Morgan fingerprint density at radius 1 is 1.33 bits per heavy atom. The molecule has 1 aromatic heterocycles. The molecule has 0 radical (unpaired) electrons. The third kappa shape index (κ3) is 2.80. The lowest BCUT2D eigenvalue weighted by Gasteiger charge is -2.31. The van der Waals surface area contributed by atoms with E-state index < -0.39 is 0 Å². The second kappa shape index (κ2) is 5.22. The van der Waals surface area contributed by atoms with E-state index in [-0.39, 0.29) is 0 Å². The fraction of sp³-hybridized carbons (Fsp3) is 0.714. The molecule has 1 atom stereocenters. The third-order valence-electron chi connectivity index (χ3n) is 3.87. The summed E-state index contributed by atoms with van der Waals surface area (Å²) < 4.78 is 0. The van der Waals surface area contributed by atoms with Crippen molar-refractivity contribution in [3.05, 3.63) is 18.1 Å². The van der Waals surface area contributed by atoms with Crippen LogP contribution in [-0.2, 0) is 0 Å². The van der Waals surface area contributed by atoms with Gasteiger partial charge in [-0.3, -0.25) is 0 Å². The molecule has 1 unspecified atom stereocenters. The van der Waals surface area contributed by atoms with Crippen LogP contribution < -0.4 is 10.2 Å². The van der Waals surface area contributed by atoms with Gasteiger partial charge < -0.3 is 10.2 Å². The monoisotopic (exact) mass is 246 g/mol. The minimum absolute atomic E-state index is 0.634. The zero-order valence-electron chi connectivity index (χ0n) is 11.1. The maximum absolute atomic E-state index is 4.59. The van der Waals surface area contributed by atoms with E-state index in [1.54, 1.807) is 0 Å². The summed E-state index contributed by atoms with van der Waals surface area (Å²) in [6.07, 6.45) is 8.49. The summed E-state index contributed by atoms with van der Waals surface area (Å²) in [5.74, 6) is 1.98. The van der Waals surface area contributed by atoms with Crippen LogP contribution in [0.1, 0.15) is 37.9 Å². The van der Waals surface area contributed by atoms with E-state index in [2.05, 4.69) is 20.2 Å². The van der Waals surface area contributed by atoms with E-state index >= 15 is 0 Å². The molecule has 0 bridgehead atoms. The van der Waals surface area contributed by atoms with Gasteiger partial charge in [-0.2, -0.15) is 0 Å². The largest absolute Gasteiger partial charge is 0.352 e. The van der Waals surface area contributed by atoms with Gasteiger partial charge in [0.1, 0.15) is 11.6 Å². The summed E-state index contributed by atoms with van der Waals surface area (Å²) in [5.41, 5.74) is 0. The van der Waals surface area contributed by atoms with Crippen LogP contribution in [-0.4, -0.2) is 35.1 Å². The second-order valence-corrected chi connectivity index (χ2v) is 5.49. The Labute approximate surface area is 109 Å². The van der Waals surface area contributed by atoms with Crippen LogP contribution in [0.5, 0.6) is 0 Å². The molecule has 2 aliphatic rings. The average Bonchev–Trinajstić information content (AvgIpc) is 3.21. The van der Waals surface area contributed by atoms with Crippen LogP contribution in [0.4, 0.5) is 5.82 Å². The summed E-state index contributed by atoms with van der Waals surface area (Å²) in [6.45, 7) is 4.24. The Kier molecular flexibility index (Phi) is 3.46. The van der Waals surface area contributed by atoms with E-state index in [1.807, 2.05) is 19.2 Å². The number of anilines is 1. The van der Waals surface area contributed by atoms with Crippen LogP contribution in [0, 0.1) is 6.92 Å². The van der Waals surface area contributed by atoms with Gasteiger partial charge in [-0.1, -0.05) is 6.42 Å². The molecule has 3 rings (SSSR count). The molecule has 4 nitrogen and oxygen atoms in total. The maximum Gasteiger partial charge on any atom is 0.132 e. The number of nitrogens with zero attached hydrogens (tertiary/aromatic N) is 3. The van der Waals surface area contributed by atoms with Crippen LogP contribution in [0.25, 0.3) is 0 Å². The molecule has 1 saturated carbocycles. The van der Waals surface area contributed by atoms with E-state index in [1.165, 1.54) is 38.6 Å². The topological polar surface area (TPSA) is 41.1 Å². The maximum atomic E-state index is 4.59. The van der Waals surface area contributed by atoms with Crippen LogP contribution >= 0.6 is 0 Å². The Morgan fingerprint density at radius 2 is 2.22 bits per heavy atom. The fourth-order valence-corrected chi connectivity index (χ4v) is 2.74. The Morgan fingerprint density at radius 3 is 2.89 bits per heavy atom. The standard InChI is InChI=1S/C14H22N4/c1-11-15-9-7-14(17-11)18(13-5-6-13)10-12-4-2-3-8-16-12/h7,9,12-13,16H,2-6,8,10H2,1H3. The summed E-state index contributed by atoms with van der Waals surface area (Å²) in [4.78, 5) is 11.3. The molecular weight excluding hydrogens is 224 g/mol. The molecule has 0 aromatic carbocycles. The number of aromatic nitrogens is 2. The van der Waals surface area contributed by atoms with Crippen molar-refractivity contribution in [2.75, 3.05) is 18.0 Å². The lowest BCUT2D eigenvalue weighted by atomic mass is 10.0. The SMILES string of the molecule is Cc1nccc(N(CC2CCCCN2)C2CC2)n1. The lowest BCUT2D eigenvalue weighted by molar-refractivity contribution is 0.397. The fourth-order valence-electron chi connectivity index (χ4n) is 2.74. The average molecular weight is 246 g/mol. The first-order valence-corrected chi connectivity index (χ1v) is 7.12. The quantitative estimate of drug-likeness (QED) is 0.881. The summed E-state index contributed by atoms with van der Waals surface area (Å²) in [5, 5.41) is 3.63. The first kappa shape index (κ1) is 11.9. The van der Waals surface area contributed by atoms with Gasteiger partial charge in [-0.15, -0.1) is 0 Å². The van der Waals surface area contributed by atoms with Crippen molar-refractivity contribution >= 4 is 5.82 Å². The molecule has 1 N–H and O–H groups in total. The Bertz CT molecular complexity index is 397. The molecule has 1 aliphatic carbocycles. The number of aryl methyl sites for hydroxylation is 1. The first-order chi connectivity index (χ1) is 8.83. The van der Waals surface area contributed by atoms with Crippen LogP contribution in [0.3, 0.4) is 0 Å². The van der Waals surface area contributed by atoms with Gasteiger partial charge in [0.25, 0.3) is 0 Å². The van der Waals surface area contributed by atoms with Crippen molar-refractivity contribution < 1.29 is 0 Å². The highest BCUT2D eigenvalue weighted by Crippen LogP contribution is 2.31. The Balaban J connectivity index is 1.71. The first-order valence-electron chi connectivity index (χ1n) is 7.12. The van der Waals surface area contributed by atoms with E-state index in [0.29, 0.717) is 12.1 Å². The second-order valence-electron chi connectivity index (χ2n) is 5.49. The lowest BCUT2D eigenvalue weighted by Crippen LogP contribution is -2.44. The van der Waals surface area contributed by atoms with Crippen LogP contribution in [0.2, 0.25) is 0 Å². The van der Waals surface area contributed by atoms with E-state index in [9.17, 15) is 0 Å². The molecular formula is C14H22N4. The highest BCUT2D eigenvalue weighted by atomic mass is 15.3. The van der Waals surface area contributed by atoms with Crippen molar-refractivity contribution in [2.24, 2.45) is 0 Å². The van der Waals surface area contributed by atoms with Crippen molar-refractivity contribution in [3.63, 3.8) is 0 Å². The third-order valence-corrected chi connectivity index (χ3v) is 3.87. The van der Waals surface area contributed by atoms with Gasteiger partial charge in [0.15, 0.2) is 0 Å². The molecule has 98 valence electrons. The van der Waals surface area contributed by atoms with E-state index in [0.717, 1.165) is 18.2 Å². The number of piperidine rings is 1. The zero-order valence-corrected chi connectivity index (χ0v) is 11.1. The molecule has 2 heterocycles. The highest BCUT2D eigenvalue weighted by molar-refractivity contribution is 5.41. The molecule has 4 heteroatoms. The predicted molar refractivity (Wildman–Crippen MR) is 72.8 cm³/mol. The smallest absolute Gasteiger partial charge is 0.132 e. The number of nitrogens with one attached hydrogen (secondary N) is 1. The van der Waals surface area contributed by atoms with Crippen molar-refractivity contribution in [3.8, 4) is 0 Å². The van der Waals surface area contributed by atoms with Gasteiger partial charge in [0.05, 0.1) is 0 Å². The van der Waals surface area contributed by atoms with E-state index in [4.69, 9.17) is 0 Å². The molecule has 18 heavy (non-hydrogen) atoms. The van der Waals surface area contributed by atoms with Gasteiger partial charge in [-0.05, 0) is 45.2 Å². The molecule has 2 fully saturated rings. The van der Waals surface area contributed by atoms with Crippen LogP contribution in [0.15, 0.2) is 12.3 Å². The van der Waals surface area contributed by atoms with Crippen molar-refractivity contribution in [1.82, 2.24) is 15.3 Å². The summed E-state index contributed by atoms with van der Waals surface area (Å²) >= 11 is 0. The number of hydrogen-bond acceptors (Lipinski definition) is 4. The highest BCUT2D eigenvalue weighted by Gasteiger charge is 2.31. The molecule has 0 amide bonds. The van der Waals surface area contributed by atoms with Gasteiger partial charge in [-0.25, -0.2) is 9.97 Å². The van der Waals surface area contributed by atoms with Crippen molar-refractivity contribution in [1.29, 1.82) is 0 Å². The zero-order chi connectivity index (χ0) is 12.4. The molecule has 1 aliphatic heterocycles. The minimum atomic E-state index is 0.634. The van der Waals surface area contributed by atoms with Gasteiger partial charge in [0.2, 0.25) is 0 Å². The van der Waals surface area contributed by atoms with Gasteiger partial charge in [0, 0.05) is 24.8 Å². The summed E-state index contributed by atoms with van der Waals surface area (Å²) in [6, 6.07) is 3.39. The minimum Gasteiger partial charge on any atom is -0.352 e. The number of hydrogen-bond donors (Lipinski definition) is 1. The predicted octanol–water partition coefficient (Wildman–Crippen LogP) is 1.90. The summed E-state index contributed by atoms with van der Waals surface area (Å²) in [7, 11) is 0.